The molecule has 2 aromatic heterocycles. The molecule has 3 heterocycles. The number of hydrogen-bond donors (Lipinski definition) is 2. The molecule has 1 fully saturated rings. The van der Waals surface area contributed by atoms with Gasteiger partial charge in [-0.3, -0.25) is 9.78 Å². The number of anilines is 2. The van der Waals surface area contributed by atoms with Crippen molar-refractivity contribution in [2.45, 2.75) is 36.6 Å². The smallest absolute Gasteiger partial charge is 0.244 e. The van der Waals surface area contributed by atoms with Gasteiger partial charge in [-0.05, 0) is 70.6 Å². The van der Waals surface area contributed by atoms with E-state index in [1.54, 1.807) is 12.1 Å². The highest BCUT2D eigenvalue weighted by Gasteiger charge is 2.31. The Morgan fingerprint density at radius 3 is 2.47 bits per heavy atom. The van der Waals surface area contributed by atoms with Crippen molar-refractivity contribution in [1.29, 1.82) is 0 Å². The van der Waals surface area contributed by atoms with E-state index in [1.165, 1.54) is 16.6 Å². The van der Waals surface area contributed by atoms with Crippen LogP contribution in [0.1, 0.15) is 40.2 Å². The predicted octanol–water partition coefficient (Wildman–Crippen LogP) is 3.39. The van der Waals surface area contributed by atoms with Gasteiger partial charge in [0.25, 0.3) is 0 Å². The summed E-state index contributed by atoms with van der Waals surface area (Å²) in [5.41, 5.74) is 6.05. The van der Waals surface area contributed by atoms with Gasteiger partial charge in [-0.15, -0.1) is 0 Å². The van der Waals surface area contributed by atoms with Gasteiger partial charge in [0, 0.05) is 31.0 Å². The van der Waals surface area contributed by atoms with Crippen LogP contribution in [0.15, 0.2) is 41.4 Å². The minimum Gasteiger partial charge on any atom is -0.382 e. The molecule has 0 bridgehead atoms. The number of nitrogens with zero attached hydrogens (tertiary/aromatic N) is 4. The van der Waals surface area contributed by atoms with Crippen molar-refractivity contribution in [3.63, 3.8) is 0 Å². The number of ketones is 1. The number of nitrogens with two attached hydrogens (primary N) is 1. The van der Waals surface area contributed by atoms with Crippen LogP contribution in [0.4, 0.5) is 19.7 Å². The van der Waals surface area contributed by atoms with Crippen LogP contribution in [0.5, 0.6) is 0 Å². The number of rotatable bonds is 10. The van der Waals surface area contributed by atoms with Crippen LogP contribution in [-0.4, -0.2) is 73.1 Å². The van der Waals surface area contributed by atoms with Crippen molar-refractivity contribution in [1.82, 2.24) is 19.2 Å². The van der Waals surface area contributed by atoms with Crippen molar-refractivity contribution in [2.75, 3.05) is 44.8 Å². The number of nitrogen functional groups attached to an aromatic ring is 1. The Morgan fingerprint density at radius 1 is 1.18 bits per heavy atom. The lowest BCUT2D eigenvalue weighted by atomic mass is 10.1. The predicted molar refractivity (Wildman–Crippen MR) is 143 cm³/mol. The average Bonchev–Trinajstić information content (AvgIpc) is 3.24. The van der Waals surface area contributed by atoms with E-state index in [0.717, 1.165) is 48.5 Å². The van der Waals surface area contributed by atoms with E-state index < -0.39 is 33.0 Å². The zero-order chi connectivity index (χ0) is 27.4. The molecule has 4 rings (SSSR count). The third-order valence-electron chi connectivity index (χ3n) is 6.30. The zero-order valence-corrected chi connectivity index (χ0v) is 22.8. The summed E-state index contributed by atoms with van der Waals surface area (Å²) in [6.07, 6.45) is 4.13. The van der Waals surface area contributed by atoms with Gasteiger partial charge >= 0.3 is 0 Å². The molecule has 0 unspecified atom stereocenters. The number of hydrogen-bond acceptors (Lipinski definition) is 9. The van der Waals surface area contributed by atoms with E-state index in [1.807, 2.05) is 14.1 Å². The summed E-state index contributed by atoms with van der Waals surface area (Å²) in [6.45, 7) is 1.51. The SMILES string of the molecule is CN(C)CCCc1ccc(S(=O)(=O)N2CCC(Nc3nc(N)c(C(=O)c4c(F)cccc4F)s3)CC2)cn1. The zero-order valence-electron chi connectivity index (χ0n) is 21.2. The van der Waals surface area contributed by atoms with Crippen molar-refractivity contribution in [3.05, 3.63) is 64.3 Å². The fourth-order valence-electron chi connectivity index (χ4n) is 4.24. The van der Waals surface area contributed by atoms with Crippen LogP contribution >= 0.6 is 11.3 Å². The molecule has 0 saturated carbocycles. The molecule has 3 aromatic rings. The van der Waals surface area contributed by atoms with Crippen molar-refractivity contribution in [3.8, 4) is 0 Å². The molecule has 1 aromatic carbocycles. The number of carbonyl (C=O) groups is 1. The molecule has 0 spiro atoms. The number of sulfonamides is 1. The maximum atomic E-state index is 14.1. The fraction of sp³-hybridized carbons (Fsp3) is 0.400. The van der Waals surface area contributed by atoms with Crippen LogP contribution in [0.25, 0.3) is 0 Å². The second kappa shape index (κ2) is 11.8. The molecule has 13 heteroatoms. The van der Waals surface area contributed by atoms with E-state index in [0.29, 0.717) is 18.0 Å². The number of aryl methyl sites for hydroxylation is 1. The first kappa shape index (κ1) is 28.0. The molecule has 204 valence electrons. The molecule has 0 amide bonds. The maximum absolute atomic E-state index is 14.1. The molecule has 9 nitrogen and oxygen atoms in total. The first-order valence-electron chi connectivity index (χ1n) is 12.2. The van der Waals surface area contributed by atoms with E-state index in [4.69, 9.17) is 5.73 Å². The molecule has 3 N–H and O–H groups in total. The topological polar surface area (TPSA) is 122 Å². The Labute approximate surface area is 224 Å². The molecule has 1 saturated heterocycles. The number of halogens is 2. The Bertz CT molecular complexity index is 1370. The molecule has 0 aliphatic carbocycles. The quantitative estimate of drug-likeness (QED) is 0.360. The van der Waals surface area contributed by atoms with Gasteiger partial charge in [0.05, 0.1) is 5.56 Å². The number of benzene rings is 1. The molecule has 0 atom stereocenters. The normalized spacial score (nSPS) is 15.2. The summed E-state index contributed by atoms with van der Waals surface area (Å²) >= 11 is 0.912. The van der Waals surface area contributed by atoms with Crippen molar-refractivity contribution < 1.29 is 22.0 Å². The van der Waals surface area contributed by atoms with Crippen molar-refractivity contribution >= 4 is 38.1 Å². The summed E-state index contributed by atoms with van der Waals surface area (Å²) < 4.78 is 55.8. The standard InChI is InChI=1S/C25H30F2N6O3S2/c1-32(2)12-4-5-16-8-9-18(15-29-16)38(35,36)33-13-10-17(11-14-33)30-25-31-24(28)23(37-25)22(34)21-19(26)6-3-7-20(21)27/h3,6-9,15,17H,4-5,10-14,28H2,1-2H3,(H,30,31). The Kier molecular flexibility index (Phi) is 8.71. The van der Waals surface area contributed by atoms with Gasteiger partial charge in [0.15, 0.2) is 5.13 Å². The largest absolute Gasteiger partial charge is 0.382 e. The van der Waals surface area contributed by atoms with Crippen LogP contribution in [0.2, 0.25) is 0 Å². The second-order valence-corrected chi connectivity index (χ2v) is 12.3. The van der Waals surface area contributed by atoms with E-state index >= 15 is 0 Å². The molecule has 1 aliphatic rings. The van der Waals surface area contributed by atoms with E-state index in [9.17, 15) is 22.0 Å². The number of aromatic nitrogens is 2. The lowest BCUT2D eigenvalue weighted by molar-refractivity contribution is 0.103. The molecule has 38 heavy (non-hydrogen) atoms. The van der Waals surface area contributed by atoms with Gasteiger partial charge in [0.2, 0.25) is 15.8 Å². The van der Waals surface area contributed by atoms with Crippen LogP contribution in [0.3, 0.4) is 0 Å². The summed E-state index contributed by atoms with van der Waals surface area (Å²) in [7, 11) is 0.330. The summed E-state index contributed by atoms with van der Waals surface area (Å²) in [4.78, 5) is 23.4. The molecular weight excluding hydrogens is 534 g/mol. The Hall–Kier alpha value is -3.00. The summed E-state index contributed by atoms with van der Waals surface area (Å²) in [5, 5.41) is 3.51. The van der Waals surface area contributed by atoms with Gasteiger partial charge < -0.3 is 16.0 Å². The number of thiazole rings is 1. The monoisotopic (exact) mass is 564 g/mol. The first-order valence-corrected chi connectivity index (χ1v) is 14.4. The first-order chi connectivity index (χ1) is 18.1. The number of nitrogens with one attached hydrogen (secondary N) is 1. The molecular formula is C25H30F2N6O3S2. The number of pyridine rings is 1. The summed E-state index contributed by atoms with van der Waals surface area (Å²) in [6, 6.07) is 6.44. The third-order valence-corrected chi connectivity index (χ3v) is 9.19. The lowest BCUT2D eigenvalue weighted by Crippen LogP contribution is -2.42. The number of piperidine rings is 1. The van der Waals surface area contributed by atoms with Crippen LogP contribution < -0.4 is 11.1 Å². The van der Waals surface area contributed by atoms with Gasteiger partial charge in [0.1, 0.15) is 27.2 Å². The minimum absolute atomic E-state index is 0.0609. The number of carbonyl (C=O) groups excluding carboxylic acids is 1. The average molecular weight is 565 g/mol. The van der Waals surface area contributed by atoms with E-state index in [-0.39, 0.29) is 34.7 Å². The molecule has 0 radical (unpaired) electrons. The highest BCUT2D eigenvalue weighted by Crippen LogP contribution is 2.31. The third kappa shape index (κ3) is 6.34. The second-order valence-electron chi connectivity index (χ2n) is 9.37. The maximum Gasteiger partial charge on any atom is 0.244 e. The van der Waals surface area contributed by atoms with Crippen LogP contribution in [0, 0.1) is 11.6 Å². The van der Waals surface area contributed by atoms with Gasteiger partial charge in [-0.1, -0.05) is 17.4 Å². The van der Waals surface area contributed by atoms with E-state index in [2.05, 4.69) is 20.2 Å². The highest BCUT2D eigenvalue weighted by molar-refractivity contribution is 7.89. The minimum atomic E-state index is -3.68. The fourth-order valence-corrected chi connectivity index (χ4v) is 6.56. The lowest BCUT2D eigenvalue weighted by Gasteiger charge is -2.31. The Balaban J connectivity index is 1.35. The van der Waals surface area contributed by atoms with Gasteiger partial charge in [-0.2, -0.15) is 4.31 Å². The van der Waals surface area contributed by atoms with Crippen molar-refractivity contribution in [2.24, 2.45) is 0 Å². The molecule has 1 aliphatic heterocycles. The highest BCUT2D eigenvalue weighted by atomic mass is 32.2. The van der Waals surface area contributed by atoms with Gasteiger partial charge in [-0.25, -0.2) is 22.2 Å². The van der Waals surface area contributed by atoms with Crippen LogP contribution in [-0.2, 0) is 16.4 Å². The summed E-state index contributed by atoms with van der Waals surface area (Å²) in [5.74, 6) is -2.94. The Morgan fingerprint density at radius 2 is 1.87 bits per heavy atom.